The van der Waals surface area contributed by atoms with E-state index in [2.05, 4.69) is 24.0 Å². The second kappa shape index (κ2) is 6.85. The number of thioether (sulfide) groups is 1. The Morgan fingerprint density at radius 1 is 1.42 bits per heavy atom. The van der Waals surface area contributed by atoms with E-state index < -0.39 is 5.97 Å². The topological polar surface area (TPSA) is 40.5 Å². The van der Waals surface area contributed by atoms with E-state index in [9.17, 15) is 4.79 Å². The Balaban J connectivity index is 2.07. The van der Waals surface area contributed by atoms with Crippen molar-refractivity contribution in [3.05, 3.63) is 30.3 Å². The number of benzene rings is 1. The summed E-state index contributed by atoms with van der Waals surface area (Å²) >= 11 is 2.01. The first-order valence-electron chi connectivity index (χ1n) is 6.83. The van der Waals surface area contributed by atoms with E-state index in [4.69, 9.17) is 5.11 Å². The Hall–Kier alpha value is -1.16. The second-order valence-corrected chi connectivity index (χ2v) is 6.44. The lowest BCUT2D eigenvalue weighted by atomic mass is 10.1. The molecule has 1 aromatic carbocycles. The van der Waals surface area contributed by atoms with E-state index >= 15 is 0 Å². The zero-order valence-electron chi connectivity index (χ0n) is 11.3. The smallest absolute Gasteiger partial charge is 0.303 e. The van der Waals surface area contributed by atoms with Crippen LogP contribution in [0.2, 0.25) is 0 Å². The van der Waals surface area contributed by atoms with Crippen LogP contribution in [-0.2, 0) is 4.79 Å². The monoisotopic (exact) mass is 279 g/mol. The first-order chi connectivity index (χ1) is 9.18. The van der Waals surface area contributed by atoms with Crippen molar-refractivity contribution < 1.29 is 9.90 Å². The molecule has 0 amide bonds. The summed E-state index contributed by atoms with van der Waals surface area (Å²) in [5.41, 5.74) is 1.22. The third-order valence-electron chi connectivity index (χ3n) is 3.61. The molecule has 1 aliphatic rings. The van der Waals surface area contributed by atoms with Gasteiger partial charge in [0, 0.05) is 29.9 Å². The first-order valence-corrected chi connectivity index (χ1v) is 7.88. The number of nitrogens with zero attached hydrogens (tertiary/aromatic N) is 1. The molecule has 4 heteroatoms. The minimum absolute atomic E-state index is 0.248. The Morgan fingerprint density at radius 2 is 2.16 bits per heavy atom. The molecular formula is C15H21NO2S. The molecule has 0 saturated carbocycles. The molecule has 19 heavy (non-hydrogen) atoms. The number of para-hydroxylation sites is 1. The van der Waals surface area contributed by atoms with Gasteiger partial charge in [0.15, 0.2) is 0 Å². The van der Waals surface area contributed by atoms with Crippen molar-refractivity contribution in [2.75, 3.05) is 17.2 Å². The normalized spacial score (nSPS) is 22.4. The lowest BCUT2D eigenvalue weighted by Gasteiger charge is -2.33. The van der Waals surface area contributed by atoms with Crippen LogP contribution in [0.1, 0.15) is 26.2 Å². The van der Waals surface area contributed by atoms with E-state index in [0.29, 0.717) is 17.7 Å². The van der Waals surface area contributed by atoms with Crippen LogP contribution in [0.4, 0.5) is 5.69 Å². The number of carboxylic acid groups (broad SMARTS) is 1. The molecule has 2 unspecified atom stereocenters. The number of hydrogen-bond acceptors (Lipinski definition) is 3. The van der Waals surface area contributed by atoms with Crippen LogP contribution in [0.5, 0.6) is 0 Å². The molecule has 2 rings (SSSR count). The van der Waals surface area contributed by atoms with Gasteiger partial charge in [0.05, 0.1) is 0 Å². The van der Waals surface area contributed by atoms with E-state index in [0.717, 1.165) is 6.54 Å². The third kappa shape index (κ3) is 3.90. The Kier molecular flexibility index (Phi) is 5.14. The van der Waals surface area contributed by atoms with Crippen molar-refractivity contribution in [3.63, 3.8) is 0 Å². The van der Waals surface area contributed by atoms with E-state index in [-0.39, 0.29) is 6.42 Å². The van der Waals surface area contributed by atoms with Crippen molar-refractivity contribution in [1.29, 1.82) is 0 Å². The number of rotatable bonds is 6. The lowest BCUT2D eigenvalue weighted by Crippen LogP contribution is -2.39. The van der Waals surface area contributed by atoms with Crippen LogP contribution in [0.15, 0.2) is 30.3 Å². The fourth-order valence-corrected chi connectivity index (χ4v) is 3.89. The summed E-state index contributed by atoms with van der Waals surface area (Å²) in [4.78, 5) is 13.1. The summed E-state index contributed by atoms with van der Waals surface area (Å²) < 4.78 is 0. The molecule has 2 atom stereocenters. The van der Waals surface area contributed by atoms with Gasteiger partial charge in [-0.3, -0.25) is 4.79 Å². The van der Waals surface area contributed by atoms with Crippen LogP contribution in [0, 0.1) is 0 Å². The van der Waals surface area contributed by atoms with Gasteiger partial charge in [-0.25, -0.2) is 0 Å². The molecule has 1 saturated heterocycles. The summed E-state index contributed by atoms with van der Waals surface area (Å²) in [5, 5.41) is 9.41. The molecule has 0 aromatic heterocycles. The van der Waals surface area contributed by atoms with Gasteiger partial charge >= 0.3 is 5.97 Å². The minimum Gasteiger partial charge on any atom is -0.481 e. The molecule has 0 bridgehead atoms. The molecule has 1 aliphatic heterocycles. The highest BCUT2D eigenvalue weighted by molar-refractivity contribution is 8.00. The highest BCUT2D eigenvalue weighted by Crippen LogP contribution is 2.33. The molecule has 0 radical (unpaired) electrons. The standard InChI is InChI=1S/C15H21NO2S/c1-12-14(9-11-19-12)16(10-5-8-15(17)18)13-6-3-2-4-7-13/h2-4,6-7,12,14H,5,8-11H2,1H3,(H,17,18). The third-order valence-corrected chi connectivity index (χ3v) is 4.93. The average Bonchev–Trinajstić information content (AvgIpc) is 2.82. The Bertz CT molecular complexity index is 410. The minimum atomic E-state index is -0.707. The number of carbonyl (C=O) groups is 1. The molecule has 1 aromatic rings. The zero-order valence-corrected chi connectivity index (χ0v) is 12.1. The summed E-state index contributed by atoms with van der Waals surface area (Å²) in [6, 6.07) is 10.9. The largest absolute Gasteiger partial charge is 0.481 e. The Morgan fingerprint density at radius 3 is 2.74 bits per heavy atom. The molecule has 0 spiro atoms. The van der Waals surface area contributed by atoms with Crippen molar-refractivity contribution >= 4 is 23.4 Å². The van der Waals surface area contributed by atoms with E-state index in [1.165, 1.54) is 17.9 Å². The van der Waals surface area contributed by atoms with Gasteiger partial charge in [-0.2, -0.15) is 11.8 Å². The fourth-order valence-electron chi connectivity index (χ4n) is 2.64. The summed E-state index contributed by atoms with van der Waals surface area (Å²) in [5.74, 6) is 0.496. The number of anilines is 1. The van der Waals surface area contributed by atoms with Gasteiger partial charge in [0.2, 0.25) is 0 Å². The van der Waals surface area contributed by atoms with Gasteiger partial charge in [-0.05, 0) is 30.7 Å². The molecule has 1 heterocycles. The maximum atomic E-state index is 10.7. The van der Waals surface area contributed by atoms with E-state index in [1.807, 2.05) is 30.0 Å². The van der Waals surface area contributed by atoms with Gasteiger partial charge in [-0.1, -0.05) is 25.1 Å². The van der Waals surface area contributed by atoms with Crippen LogP contribution < -0.4 is 4.90 Å². The number of carboxylic acids is 1. The van der Waals surface area contributed by atoms with Gasteiger partial charge in [0.25, 0.3) is 0 Å². The zero-order chi connectivity index (χ0) is 13.7. The molecule has 104 valence electrons. The SMILES string of the molecule is CC1SCCC1N(CCCC(=O)O)c1ccccc1. The van der Waals surface area contributed by atoms with E-state index in [1.54, 1.807) is 0 Å². The maximum Gasteiger partial charge on any atom is 0.303 e. The Labute approximate surface area is 119 Å². The van der Waals surface area contributed by atoms with Crippen molar-refractivity contribution in [3.8, 4) is 0 Å². The summed E-state index contributed by atoms with van der Waals surface area (Å²) in [6.07, 6.45) is 2.14. The first kappa shape index (κ1) is 14.3. The average molecular weight is 279 g/mol. The van der Waals surface area contributed by atoms with Gasteiger partial charge < -0.3 is 10.0 Å². The molecule has 1 N–H and O–H groups in total. The number of aliphatic carboxylic acids is 1. The fraction of sp³-hybridized carbons (Fsp3) is 0.533. The van der Waals surface area contributed by atoms with Crippen LogP contribution in [0.25, 0.3) is 0 Å². The maximum absolute atomic E-state index is 10.7. The van der Waals surface area contributed by atoms with Crippen molar-refractivity contribution in [2.24, 2.45) is 0 Å². The second-order valence-electron chi connectivity index (χ2n) is 4.96. The molecular weight excluding hydrogens is 258 g/mol. The van der Waals surface area contributed by atoms with Crippen molar-refractivity contribution in [2.45, 2.75) is 37.5 Å². The van der Waals surface area contributed by atoms with Crippen LogP contribution in [-0.4, -0.2) is 34.7 Å². The molecule has 0 aliphatic carbocycles. The molecule has 3 nitrogen and oxygen atoms in total. The predicted molar refractivity (Wildman–Crippen MR) is 81.0 cm³/mol. The lowest BCUT2D eigenvalue weighted by molar-refractivity contribution is -0.137. The molecule has 1 fully saturated rings. The highest BCUT2D eigenvalue weighted by Gasteiger charge is 2.29. The van der Waals surface area contributed by atoms with Gasteiger partial charge in [-0.15, -0.1) is 0 Å². The number of hydrogen-bond donors (Lipinski definition) is 1. The van der Waals surface area contributed by atoms with Crippen LogP contribution >= 0.6 is 11.8 Å². The van der Waals surface area contributed by atoms with Crippen molar-refractivity contribution in [1.82, 2.24) is 0 Å². The summed E-state index contributed by atoms with van der Waals surface area (Å²) in [7, 11) is 0. The highest BCUT2D eigenvalue weighted by atomic mass is 32.2. The van der Waals surface area contributed by atoms with Crippen LogP contribution in [0.3, 0.4) is 0 Å². The summed E-state index contributed by atoms with van der Waals surface area (Å²) in [6.45, 7) is 3.10. The quantitative estimate of drug-likeness (QED) is 0.868. The van der Waals surface area contributed by atoms with Gasteiger partial charge in [0.1, 0.15) is 0 Å². The predicted octanol–water partition coefficient (Wildman–Crippen LogP) is 3.25.